The zero-order valence-corrected chi connectivity index (χ0v) is 49.9. The first-order valence-electron chi connectivity index (χ1n) is 31.7. The number of hydrogen-bond acceptors (Lipinski definition) is 6. The van der Waals surface area contributed by atoms with Crippen LogP contribution < -0.4 is 0 Å². The van der Waals surface area contributed by atoms with E-state index >= 15 is 0 Å². The van der Waals surface area contributed by atoms with Gasteiger partial charge in [-0.2, -0.15) is 0 Å². The number of ether oxygens (including phenoxy) is 3. The van der Waals surface area contributed by atoms with Crippen molar-refractivity contribution in [3.63, 3.8) is 0 Å². The van der Waals surface area contributed by atoms with Gasteiger partial charge in [-0.25, -0.2) is 0 Å². The minimum Gasteiger partial charge on any atom is -0.462 e. The summed E-state index contributed by atoms with van der Waals surface area (Å²) >= 11 is 0. The molecule has 436 valence electrons. The zero-order chi connectivity index (χ0) is 55.7. The Morgan fingerprint density at radius 1 is 0.273 bits per heavy atom. The summed E-state index contributed by atoms with van der Waals surface area (Å²) in [5.74, 6) is -0.977. The molecule has 6 nitrogen and oxygen atoms in total. The average Bonchev–Trinajstić information content (AvgIpc) is 3.43. The van der Waals surface area contributed by atoms with E-state index in [9.17, 15) is 14.4 Å². The van der Waals surface area contributed by atoms with E-state index in [2.05, 4.69) is 154 Å². The van der Waals surface area contributed by atoms with Crippen molar-refractivity contribution in [2.45, 2.75) is 284 Å². The highest BCUT2D eigenvalue weighted by atomic mass is 16.6. The Morgan fingerprint density at radius 3 is 0.831 bits per heavy atom. The summed E-state index contributed by atoms with van der Waals surface area (Å²) in [5.41, 5.74) is 0. The molecule has 0 aromatic rings. The van der Waals surface area contributed by atoms with Gasteiger partial charge in [-0.1, -0.05) is 283 Å². The first-order chi connectivity index (χ1) is 38.0. The lowest BCUT2D eigenvalue weighted by atomic mass is 10.0. The summed E-state index contributed by atoms with van der Waals surface area (Å²) < 4.78 is 16.9. The molecule has 1 unspecified atom stereocenters. The Labute approximate surface area is 475 Å². The predicted molar refractivity (Wildman–Crippen MR) is 334 cm³/mol. The molecule has 0 aromatic heterocycles. The first-order valence-corrected chi connectivity index (χ1v) is 31.7. The lowest BCUT2D eigenvalue weighted by molar-refractivity contribution is -0.167. The van der Waals surface area contributed by atoms with Gasteiger partial charge in [-0.05, 0) is 109 Å². The fraction of sp³-hybridized carbons (Fsp3) is 0.648. The molecule has 0 aliphatic carbocycles. The standard InChI is InChI=1S/C71H116O6/c1-4-7-10-13-16-19-22-25-28-31-32-33-34-35-36-37-38-41-43-46-49-52-55-58-61-64-70(73)76-67-68(77-71(74)65-62-59-56-53-50-47-44-40-30-27-24-21-18-15-12-9-6-3)66-75-69(72)63-60-57-54-51-48-45-42-39-29-26-23-20-17-14-11-8-5-2/h7,9-10,12,16,18-19,21,25,27-28,30,32-33,35-36,38,41,44,47,53,56,68H,4-6,8,11,13-15,17,20,22-24,26,29,31,34,37,39-40,42-43,45-46,48-52,54-55,57-67H2,1-3H3/b10-7-,12-9-,19-16-,21-18-,28-25-,30-27-,33-32-,36-35-,41-38-,47-44-,56-53-. The van der Waals surface area contributed by atoms with Crippen molar-refractivity contribution in [1.82, 2.24) is 0 Å². The Hall–Kier alpha value is -4.45. The van der Waals surface area contributed by atoms with Crippen LogP contribution in [0.1, 0.15) is 278 Å². The molecule has 0 amide bonds. The molecule has 0 fully saturated rings. The van der Waals surface area contributed by atoms with Gasteiger partial charge in [0.1, 0.15) is 13.2 Å². The minimum atomic E-state index is -0.819. The van der Waals surface area contributed by atoms with Gasteiger partial charge in [-0.3, -0.25) is 14.4 Å². The Balaban J connectivity index is 4.47. The van der Waals surface area contributed by atoms with Crippen molar-refractivity contribution in [2.24, 2.45) is 0 Å². The van der Waals surface area contributed by atoms with E-state index in [0.717, 1.165) is 128 Å². The van der Waals surface area contributed by atoms with E-state index in [4.69, 9.17) is 14.2 Å². The van der Waals surface area contributed by atoms with Crippen LogP contribution in [-0.2, 0) is 28.6 Å². The van der Waals surface area contributed by atoms with Crippen LogP contribution >= 0.6 is 0 Å². The summed E-state index contributed by atoms with van der Waals surface area (Å²) in [7, 11) is 0. The topological polar surface area (TPSA) is 78.9 Å². The highest BCUT2D eigenvalue weighted by Gasteiger charge is 2.19. The molecule has 0 aliphatic rings. The van der Waals surface area contributed by atoms with Gasteiger partial charge in [0.25, 0.3) is 0 Å². The summed E-state index contributed by atoms with van der Waals surface area (Å²) in [6, 6.07) is 0. The van der Waals surface area contributed by atoms with Crippen LogP contribution in [0.5, 0.6) is 0 Å². The second-order valence-electron chi connectivity index (χ2n) is 20.6. The smallest absolute Gasteiger partial charge is 0.306 e. The molecule has 0 rings (SSSR count). The van der Waals surface area contributed by atoms with E-state index in [0.29, 0.717) is 19.3 Å². The Kier molecular flexibility index (Phi) is 60.4. The van der Waals surface area contributed by atoms with Gasteiger partial charge in [0, 0.05) is 19.3 Å². The van der Waals surface area contributed by atoms with Crippen LogP contribution in [-0.4, -0.2) is 37.2 Å². The van der Waals surface area contributed by atoms with E-state index < -0.39 is 6.10 Å². The number of hydrogen-bond donors (Lipinski definition) is 0. The number of esters is 3. The molecule has 0 spiro atoms. The molecule has 6 heteroatoms. The second kappa shape index (κ2) is 64.1. The van der Waals surface area contributed by atoms with Gasteiger partial charge in [0.15, 0.2) is 6.10 Å². The van der Waals surface area contributed by atoms with Crippen molar-refractivity contribution < 1.29 is 28.6 Å². The highest BCUT2D eigenvalue weighted by molar-refractivity contribution is 5.71. The molecule has 77 heavy (non-hydrogen) atoms. The van der Waals surface area contributed by atoms with Gasteiger partial charge < -0.3 is 14.2 Å². The lowest BCUT2D eigenvalue weighted by Gasteiger charge is -2.18. The monoisotopic (exact) mass is 1060 g/mol. The molecule has 0 heterocycles. The third kappa shape index (κ3) is 62.3. The maximum Gasteiger partial charge on any atom is 0.306 e. The minimum absolute atomic E-state index is 0.107. The van der Waals surface area contributed by atoms with Crippen LogP contribution in [0.4, 0.5) is 0 Å². The number of allylic oxidation sites excluding steroid dienone is 22. The zero-order valence-electron chi connectivity index (χ0n) is 49.9. The third-order valence-corrected chi connectivity index (χ3v) is 13.2. The van der Waals surface area contributed by atoms with E-state index in [1.54, 1.807) is 0 Å². The van der Waals surface area contributed by atoms with Crippen molar-refractivity contribution in [3.05, 3.63) is 134 Å². The van der Waals surface area contributed by atoms with Crippen molar-refractivity contribution >= 4 is 17.9 Å². The van der Waals surface area contributed by atoms with Crippen LogP contribution in [0.3, 0.4) is 0 Å². The SMILES string of the molecule is CC/C=C\C/C=C\C/C=C\C/C=C\C/C=C\C/C=C\CCCCCCCCC(=O)OCC(COC(=O)CCCCCCCCCCCCCCCCCCC)OC(=O)CCC/C=C\C/C=C\C/C=C\C/C=C\C/C=C\CC. The number of carbonyl (C=O) groups excluding carboxylic acids is 3. The number of rotatable bonds is 56. The average molecular weight is 1070 g/mol. The molecule has 0 radical (unpaired) electrons. The summed E-state index contributed by atoms with van der Waals surface area (Å²) in [6.07, 6.45) is 90.3. The van der Waals surface area contributed by atoms with Gasteiger partial charge >= 0.3 is 17.9 Å². The van der Waals surface area contributed by atoms with E-state index in [-0.39, 0.29) is 37.5 Å². The van der Waals surface area contributed by atoms with Crippen LogP contribution in [0.2, 0.25) is 0 Å². The fourth-order valence-corrected chi connectivity index (χ4v) is 8.48. The molecular formula is C71H116O6. The lowest BCUT2D eigenvalue weighted by Crippen LogP contribution is -2.30. The maximum atomic E-state index is 12.9. The van der Waals surface area contributed by atoms with Gasteiger partial charge in [-0.15, -0.1) is 0 Å². The predicted octanol–water partition coefficient (Wildman–Crippen LogP) is 21.8. The van der Waals surface area contributed by atoms with E-state index in [1.165, 1.54) is 103 Å². The molecule has 0 saturated heterocycles. The third-order valence-electron chi connectivity index (χ3n) is 13.2. The Bertz CT molecular complexity index is 1650. The fourth-order valence-electron chi connectivity index (χ4n) is 8.48. The maximum absolute atomic E-state index is 12.9. The molecule has 0 aliphatic heterocycles. The van der Waals surface area contributed by atoms with Crippen LogP contribution in [0.15, 0.2) is 134 Å². The number of carbonyl (C=O) groups is 3. The molecule has 0 bridgehead atoms. The molecule has 0 saturated carbocycles. The highest BCUT2D eigenvalue weighted by Crippen LogP contribution is 2.16. The molecular weight excluding hydrogens is 949 g/mol. The van der Waals surface area contributed by atoms with Crippen molar-refractivity contribution in [1.29, 1.82) is 0 Å². The van der Waals surface area contributed by atoms with Gasteiger partial charge in [0.2, 0.25) is 0 Å². The van der Waals surface area contributed by atoms with Crippen LogP contribution in [0.25, 0.3) is 0 Å². The molecule has 0 N–H and O–H groups in total. The second-order valence-corrected chi connectivity index (χ2v) is 20.6. The number of unbranched alkanes of at least 4 members (excludes halogenated alkanes) is 23. The summed E-state index contributed by atoms with van der Waals surface area (Å²) in [5, 5.41) is 0. The Morgan fingerprint density at radius 2 is 0.519 bits per heavy atom. The summed E-state index contributed by atoms with van der Waals surface area (Å²) in [6.45, 7) is 6.37. The van der Waals surface area contributed by atoms with Crippen molar-refractivity contribution in [2.75, 3.05) is 13.2 Å². The van der Waals surface area contributed by atoms with Gasteiger partial charge in [0.05, 0.1) is 0 Å². The first kappa shape index (κ1) is 72.5. The normalized spacial score (nSPS) is 13.0. The van der Waals surface area contributed by atoms with Crippen LogP contribution in [0, 0.1) is 0 Å². The largest absolute Gasteiger partial charge is 0.462 e. The molecule has 0 aromatic carbocycles. The quantitative estimate of drug-likeness (QED) is 0.0261. The van der Waals surface area contributed by atoms with E-state index in [1.807, 2.05) is 0 Å². The van der Waals surface area contributed by atoms with Crippen molar-refractivity contribution in [3.8, 4) is 0 Å². The molecule has 1 atom stereocenters. The summed E-state index contributed by atoms with van der Waals surface area (Å²) in [4.78, 5) is 38.3.